The lowest BCUT2D eigenvalue weighted by molar-refractivity contribution is 0.0930. The molecule has 4 rings (SSSR count). The van der Waals surface area contributed by atoms with E-state index in [1.54, 1.807) is 28.9 Å². The zero-order valence-corrected chi connectivity index (χ0v) is 19.9. The Bertz CT molecular complexity index is 1260. The molecule has 0 radical (unpaired) electrons. The highest BCUT2D eigenvalue weighted by molar-refractivity contribution is 6.32. The van der Waals surface area contributed by atoms with Crippen LogP contribution < -0.4 is 5.32 Å². The van der Waals surface area contributed by atoms with Gasteiger partial charge in [-0.25, -0.2) is 4.79 Å². The van der Waals surface area contributed by atoms with Crippen LogP contribution in [0.3, 0.4) is 0 Å². The molecule has 2 amide bonds. The molecule has 1 saturated heterocycles. The van der Waals surface area contributed by atoms with Gasteiger partial charge in [0.15, 0.2) is 0 Å². The van der Waals surface area contributed by atoms with Gasteiger partial charge in [-0.15, -0.1) is 0 Å². The van der Waals surface area contributed by atoms with E-state index in [-0.39, 0.29) is 11.9 Å². The summed E-state index contributed by atoms with van der Waals surface area (Å²) in [6.07, 6.45) is 0.921. The van der Waals surface area contributed by atoms with Gasteiger partial charge >= 0.3 is 6.09 Å². The third-order valence-corrected chi connectivity index (χ3v) is 6.08. The Labute approximate surface area is 206 Å². The first-order chi connectivity index (χ1) is 16.8. The number of aromatic amines is 1. The number of nitrogens with one attached hydrogen (secondary N) is 2. The fourth-order valence-corrected chi connectivity index (χ4v) is 4.13. The number of halogens is 1. The second-order valence-corrected chi connectivity index (χ2v) is 8.84. The zero-order valence-electron chi connectivity index (χ0n) is 19.1. The highest BCUT2D eigenvalue weighted by Crippen LogP contribution is 2.24. The van der Waals surface area contributed by atoms with E-state index in [9.17, 15) is 9.59 Å². The van der Waals surface area contributed by atoms with Crippen molar-refractivity contribution in [2.45, 2.75) is 26.1 Å². The van der Waals surface area contributed by atoms with Gasteiger partial charge in [-0.2, -0.15) is 15.5 Å². The number of hydrogen-bond acceptors (Lipinski definition) is 6. The average Bonchev–Trinajstić information content (AvgIpc) is 3.49. The van der Waals surface area contributed by atoms with Crippen molar-refractivity contribution in [2.24, 2.45) is 0 Å². The van der Waals surface area contributed by atoms with Crippen molar-refractivity contribution in [3.63, 3.8) is 0 Å². The lowest BCUT2D eigenvalue weighted by Crippen LogP contribution is -2.47. The molecule has 182 valence electrons. The molecular weight excluding hydrogens is 472 g/mol. The number of carbonyl (C=O) groups excluding carboxylic acids is 1. The van der Waals surface area contributed by atoms with Crippen LogP contribution in [0.15, 0.2) is 36.5 Å². The summed E-state index contributed by atoms with van der Waals surface area (Å²) < 4.78 is 1.74. The summed E-state index contributed by atoms with van der Waals surface area (Å²) in [7, 11) is 0. The van der Waals surface area contributed by atoms with Gasteiger partial charge in [-0.1, -0.05) is 17.7 Å². The summed E-state index contributed by atoms with van der Waals surface area (Å²) in [5.74, 6) is -0.290. The molecule has 0 saturated carbocycles. The fourth-order valence-electron chi connectivity index (χ4n) is 3.90. The minimum Gasteiger partial charge on any atom is -0.465 e. The van der Waals surface area contributed by atoms with E-state index in [4.69, 9.17) is 22.0 Å². The van der Waals surface area contributed by atoms with E-state index >= 15 is 0 Å². The minimum absolute atomic E-state index is 0.205. The average molecular weight is 497 g/mol. The second kappa shape index (κ2) is 10.6. The van der Waals surface area contributed by atoms with Gasteiger partial charge < -0.3 is 15.3 Å². The standard InChI is InChI=1S/C23H25ClN8O3/c1-15(13-32-5-4-20(29-32)16-2-3-17(12-25)19(24)10-16)26-22(33)21-11-18(27-28-21)14-30-6-8-31(9-7-30)23(34)35/h2-5,10-11,15H,6-9,13-14H2,1H3,(H,26,33)(H,27,28)(H,34,35). The fraction of sp³-hybridized carbons (Fsp3) is 0.348. The van der Waals surface area contributed by atoms with Gasteiger partial charge in [-0.05, 0) is 31.2 Å². The Balaban J connectivity index is 1.29. The molecule has 0 spiro atoms. The molecular formula is C23H25ClN8O3. The molecule has 1 fully saturated rings. The topological polar surface area (TPSA) is 143 Å². The van der Waals surface area contributed by atoms with Crippen molar-refractivity contribution in [2.75, 3.05) is 26.2 Å². The van der Waals surface area contributed by atoms with Crippen LogP contribution in [0.4, 0.5) is 4.79 Å². The van der Waals surface area contributed by atoms with Crippen molar-refractivity contribution >= 4 is 23.6 Å². The lowest BCUT2D eigenvalue weighted by atomic mass is 10.1. The first-order valence-corrected chi connectivity index (χ1v) is 11.5. The number of piperazine rings is 1. The molecule has 11 nitrogen and oxygen atoms in total. The summed E-state index contributed by atoms with van der Waals surface area (Å²) in [4.78, 5) is 27.2. The van der Waals surface area contributed by atoms with Gasteiger partial charge in [0, 0.05) is 50.5 Å². The summed E-state index contributed by atoms with van der Waals surface area (Å²) in [5.41, 5.74) is 3.02. The maximum absolute atomic E-state index is 12.6. The molecule has 0 bridgehead atoms. The third kappa shape index (κ3) is 5.98. The van der Waals surface area contributed by atoms with Gasteiger partial charge in [0.2, 0.25) is 0 Å². The van der Waals surface area contributed by atoms with Crippen LogP contribution in [-0.2, 0) is 13.1 Å². The van der Waals surface area contributed by atoms with Gasteiger partial charge in [-0.3, -0.25) is 19.5 Å². The number of H-pyrrole nitrogens is 1. The molecule has 3 heterocycles. The molecule has 0 aliphatic carbocycles. The van der Waals surface area contributed by atoms with E-state index < -0.39 is 6.09 Å². The van der Waals surface area contributed by atoms with E-state index in [0.29, 0.717) is 55.5 Å². The molecule has 1 aliphatic heterocycles. The number of benzene rings is 1. The highest BCUT2D eigenvalue weighted by Gasteiger charge is 2.21. The molecule has 35 heavy (non-hydrogen) atoms. The highest BCUT2D eigenvalue weighted by atomic mass is 35.5. The number of aromatic nitrogens is 4. The Hall–Kier alpha value is -3.88. The van der Waals surface area contributed by atoms with Gasteiger partial charge in [0.25, 0.3) is 5.91 Å². The Kier molecular flexibility index (Phi) is 7.33. The van der Waals surface area contributed by atoms with Crippen LogP contribution in [0.2, 0.25) is 5.02 Å². The van der Waals surface area contributed by atoms with Crippen LogP contribution in [0.1, 0.15) is 28.7 Å². The van der Waals surface area contributed by atoms with Crippen LogP contribution in [0.5, 0.6) is 0 Å². The van der Waals surface area contributed by atoms with Gasteiger partial charge in [0.05, 0.1) is 28.5 Å². The van der Waals surface area contributed by atoms with E-state index in [1.165, 1.54) is 4.90 Å². The predicted octanol–water partition coefficient (Wildman–Crippen LogP) is 2.41. The van der Waals surface area contributed by atoms with Crippen LogP contribution in [-0.4, -0.2) is 79.1 Å². The number of nitriles is 1. The summed E-state index contributed by atoms with van der Waals surface area (Å²) in [6.45, 7) is 5.09. The number of nitrogens with zero attached hydrogens (tertiary/aromatic N) is 6. The number of carboxylic acid groups (broad SMARTS) is 1. The minimum atomic E-state index is -0.899. The van der Waals surface area contributed by atoms with Crippen molar-refractivity contribution < 1.29 is 14.7 Å². The first-order valence-electron chi connectivity index (χ1n) is 11.1. The lowest BCUT2D eigenvalue weighted by Gasteiger charge is -2.32. The van der Waals surface area contributed by atoms with Crippen molar-refractivity contribution in [1.29, 1.82) is 5.26 Å². The predicted molar refractivity (Wildman–Crippen MR) is 128 cm³/mol. The van der Waals surface area contributed by atoms with Crippen LogP contribution in [0, 0.1) is 11.3 Å². The monoisotopic (exact) mass is 496 g/mol. The molecule has 1 unspecified atom stereocenters. The zero-order chi connectivity index (χ0) is 24.9. The molecule has 3 N–H and O–H groups in total. The number of amides is 2. The van der Waals surface area contributed by atoms with Crippen LogP contribution in [0.25, 0.3) is 11.3 Å². The second-order valence-electron chi connectivity index (χ2n) is 8.43. The van der Waals surface area contributed by atoms with Crippen molar-refractivity contribution in [3.8, 4) is 17.3 Å². The van der Waals surface area contributed by atoms with Gasteiger partial charge in [0.1, 0.15) is 11.8 Å². The maximum atomic E-state index is 12.6. The molecule has 1 aromatic carbocycles. The Morgan fingerprint density at radius 1 is 1.26 bits per heavy atom. The number of hydrogen-bond donors (Lipinski definition) is 3. The van der Waals surface area contributed by atoms with E-state index in [1.807, 2.05) is 25.3 Å². The molecule has 1 atom stereocenters. The Morgan fingerprint density at radius 3 is 2.71 bits per heavy atom. The first kappa shape index (κ1) is 24.3. The third-order valence-electron chi connectivity index (χ3n) is 5.76. The Morgan fingerprint density at radius 2 is 2.03 bits per heavy atom. The summed E-state index contributed by atoms with van der Waals surface area (Å²) >= 11 is 6.12. The van der Waals surface area contributed by atoms with Crippen molar-refractivity contribution in [3.05, 3.63) is 58.5 Å². The molecule has 1 aliphatic rings. The van der Waals surface area contributed by atoms with Crippen molar-refractivity contribution in [1.82, 2.24) is 35.1 Å². The number of carbonyl (C=O) groups is 2. The SMILES string of the molecule is CC(Cn1ccc(-c2ccc(C#N)c(Cl)c2)n1)NC(=O)c1cc(CN2CCN(C(=O)O)CC2)[nH]n1. The molecule has 2 aromatic heterocycles. The smallest absolute Gasteiger partial charge is 0.407 e. The quantitative estimate of drug-likeness (QED) is 0.455. The summed E-state index contributed by atoms with van der Waals surface area (Å²) in [6, 6.07) is 10.6. The normalized spacial score (nSPS) is 14.9. The van der Waals surface area contributed by atoms with E-state index in [2.05, 4.69) is 25.5 Å². The maximum Gasteiger partial charge on any atom is 0.407 e. The largest absolute Gasteiger partial charge is 0.465 e. The van der Waals surface area contributed by atoms with Crippen LogP contribution >= 0.6 is 11.6 Å². The van der Waals surface area contributed by atoms with E-state index in [0.717, 1.165) is 17.0 Å². The summed E-state index contributed by atoms with van der Waals surface area (Å²) in [5, 5.41) is 32.9. The number of rotatable bonds is 7. The molecule has 3 aromatic rings. The molecule has 12 heteroatoms.